The molecule has 0 saturated heterocycles. The molecule has 1 aliphatic carbocycles. The van der Waals surface area contributed by atoms with Gasteiger partial charge in [0.1, 0.15) is 5.84 Å². The van der Waals surface area contributed by atoms with E-state index in [4.69, 9.17) is 17.2 Å². The van der Waals surface area contributed by atoms with Gasteiger partial charge in [0.05, 0.1) is 17.4 Å². The number of rotatable bonds is 2. The number of nitrogens with zero attached hydrogens (tertiary/aromatic N) is 1. The van der Waals surface area contributed by atoms with Crippen LogP contribution >= 0.6 is 0 Å². The molecule has 1 aromatic rings. The molecule has 4 nitrogen and oxygen atoms in total. The SMILES string of the molecule is NC(=NC1CCCCCC1)c1ccc(N)c(N)c1. The smallest absolute Gasteiger partial charge is 0.125 e. The molecule has 6 N–H and O–H groups in total. The standard InChI is InChI=1S/C14H22N4/c15-12-8-7-10(9-13(12)16)14(17)18-11-5-3-1-2-4-6-11/h7-9,11H,1-6,15-16H2,(H2,17,18). The summed E-state index contributed by atoms with van der Waals surface area (Å²) in [6, 6.07) is 5.82. The van der Waals surface area contributed by atoms with E-state index in [-0.39, 0.29) is 0 Å². The molecule has 0 aromatic heterocycles. The predicted molar refractivity (Wildman–Crippen MR) is 77.5 cm³/mol. The number of nitrogens with two attached hydrogens (primary N) is 3. The Hall–Kier alpha value is -1.71. The molecule has 0 radical (unpaired) electrons. The molecule has 1 aliphatic rings. The number of hydrogen-bond acceptors (Lipinski definition) is 3. The largest absolute Gasteiger partial charge is 0.397 e. The maximum Gasteiger partial charge on any atom is 0.125 e. The van der Waals surface area contributed by atoms with Gasteiger partial charge in [-0.25, -0.2) is 0 Å². The second-order valence-corrected chi connectivity index (χ2v) is 5.00. The van der Waals surface area contributed by atoms with Crippen molar-refractivity contribution >= 4 is 17.2 Å². The monoisotopic (exact) mass is 246 g/mol. The highest BCUT2D eigenvalue weighted by Crippen LogP contribution is 2.21. The minimum atomic E-state index is 0.367. The molecule has 0 heterocycles. The van der Waals surface area contributed by atoms with E-state index in [1.807, 2.05) is 6.07 Å². The normalized spacial score (nSPS) is 18.6. The summed E-state index contributed by atoms with van der Waals surface area (Å²) in [7, 11) is 0. The number of anilines is 2. The van der Waals surface area contributed by atoms with Crippen molar-refractivity contribution in [1.29, 1.82) is 0 Å². The molecule has 0 unspecified atom stereocenters. The third kappa shape index (κ3) is 3.15. The van der Waals surface area contributed by atoms with Gasteiger partial charge in [-0.1, -0.05) is 25.7 Å². The van der Waals surface area contributed by atoms with Gasteiger partial charge in [0.2, 0.25) is 0 Å². The first-order valence-electron chi connectivity index (χ1n) is 6.65. The predicted octanol–water partition coefficient (Wildman–Crippen LogP) is 2.28. The van der Waals surface area contributed by atoms with E-state index in [1.54, 1.807) is 12.1 Å². The summed E-state index contributed by atoms with van der Waals surface area (Å²) in [6.45, 7) is 0. The van der Waals surface area contributed by atoms with E-state index in [2.05, 4.69) is 4.99 Å². The lowest BCUT2D eigenvalue weighted by atomic mass is 10.1. The first-order chi connectivity index (χ1) is 8.66. The molecular formula is C14H22N4. The number of nitrogen functional groups attached to an aromatic ring is 2. The van der Waals surface area contributed by atoms with Gasteiger partial charge < -0.3 is 17.2 Å². The molecule has 4 heteroatoms. The van der Waals surface area contributed by atoms with E-state index in [9.17, 15) is 0 Å². The van der Waals surface area contributed by atoms with Gasteiger partial charge in [-0.15, -0.1) is 0 Å². The third-order valence-corrected chi connectivity index (χ3v) is 3.53. The molecular weight excluding hydrogens is 224 g/mol. The summed E-state index contributed by atoms with van der Waals surface area (Å²) in [6.07, 6.45) is 7.44. The molecule has 98 valence electrons. The summed E-state index contributed by atoms with van der Waals surface area (Å²) >= 11 is 0. The van der Waals surface area contributed by atoms with Crippen LogP contribution in [0.25, 0.3) is 0 Å². The van der Waals surface area contributed by atoms with Gasteiger partial charge in [-0.05, 0) is 31.0 Å². The quantitative estimate of drug-likeness (QED) is 0.323. The van der Waals surface area contributed by atoms with E-state index >= 15 is 0 Å². The van der Waals surface area contributed by atoms with Crippen molar-refractivity contribution in [2.24, 2.45) is 10.7 Å². The highest BCUT2D eigenvalue weighted by molar-refractivity contribution is 5.99. The van der Waals surface area contributed by atoms with E-state index in [0.29, 0.717) is 23.3 Å². The van der Waals surface area contributed by atoms with Gasteiger partial charge in [0.15, 0.2) is 0 Å². The lowest BCUT2D eigenvalue weighted by Gasteiger charge is -2.11. The summed E-state index contributed by atoms with van der Waals surface area (Å²) in [5.41, 5.74) is 19.5. The Bertz CT molecular complexity index is 431. The molecule has 0 spiro atoms. The summed E-state index contributed by atoms with van der Waals surface area (Å²) in [4.78, 5) is 4.64. The van der Waals surface area contributed by atoms with Gasteiger partial charge in [-0.2, -0.15) is 0 Å². The Morgan fingerprint density at radius 1 is 1.00 bits per heavy atom. The molecule has 2 rings (SSSR count). The molecule has 0 amide bonds. The molecule has 1 saturated carbocycles. The van der Waals surface area contributed by atoms with Crippen LogP contribution in [0.3, 0.4) is 0 Å². The Kier molecular flexibility index (Phi) is 4.07. The maximum atomic E-state index is 6.05. The third-order valence-electron chi connectivity index (χ3n) is 3.53. The topological polar surface area (TPSA) is 90.4 Å². The van der Waals surface area contributed by atoms with Crippen LogP contribution in [0.5, 0.6) is 0 Å². The van der Waals surface area contributed by atoms with Crippen LogP contribution in [0, 0.1) is 0 Å². The molecule has 18 heavy (non-hydrogen) atoms. The van der Waals surface area contributed by atoms with Crippen LogP contribution in [-0.4, -0.2) is 11.9 Å². The van der Waals surface area contributed by atoms with Crippen molar-refractivity contribution in [2.75, 3.05) is 11.5 Å². The van der Waals surface area contributed by atoms with E-state index < -0.39 is 0 Å². The maximum absolute atomic E-state index is 6.05. The van der Waals surface area contributed by atoms with Crippen LogP contribution < -0.4 is 17.2 Å². The number of aliphatic imine (C=N–C) groups is 1. The van der Waals surface area contributed by atoms with Crippen LogP contribution in [0.2, 0.25) is 0 Å². The molecule has 1 aromatic carbocycles. The minimum absolute atomic E-state index is 0.367. The fourth-order valence-corrected chi connectivity index (χ4v) is 2.39. The fourth-order valence-electron chi connectivity index (χ4n) is 2.39. The van der Waals surface area contributed by atoms with Crippen LogP contribution in [0.4, 0.5) is 11.4 Å². The van der Waals surface area contributed by atoms with Crippen molar-refractivity contribution < 1.29 is 0 Å². The lowest BCUT2D eigenvalue weighted by molar-refractivity contribution is 0.585. The average Bonchev–Trinajstić information content (AvgIpc) is 2.61. The highest BCUT2D eigenvalue weighted by atomic mass is 14.9. The van der Waals surface area contributed by atoms with E-state index in [1.165, 1.54) is 25.7 Å². The highest BCUT2D eigenvalue weighted by Gasteiger charge is 2.12. The van der Waals surface area contributed by atoms with E-state index in [0.717, 1.165) is 18.4 Å². The Labute approximate surface area is 108 Å². The summed E-state index contributed by atoms with van der Waals surface area (Å²) in [5.74, 6) is 0.577. The lowest BCUT2D eigenvalue weighted by Crippen LogP contribution is -2.18. The molecule has 1 fully saturated rings. The van der Waals surface area contributed by atoms with Gasteiger partial charge >= 0.3 is 0 Å². The van der Waals surface area contributed by atoms with Crippen molar-refractivity contribution in [3.8, 4) is 0 Å². The fraction of sp³-hybridized carbons (Fsp3) is 0.500. The molecule has 0 bridgehead atoms. The Morgan fingerprint density at radius 2 is 1.67 bits per heavy atom. The zero-order chi connectivity index (χ0) is 13.0. The van der Waals surface area contributed by atoms with Crippen LogP contribution in [0.1, 0.15) is 44.1 Å². The number of amidine groups is 1. The van der Waals surface area contributed by atoms with Crippen molar-refractivity contribution in [3.63, 3.8) is 0 Å². The van der Waals surface area contributed by atoms with Crippen LogP contribution in [-0.2, 0) is 0 Å². The van der Waals surface area contributed by atoms with Crippen molar-refractivity contribution in [1.82, 2.24) is 0 Å². The van der Waals surface area contributed by atoms with Gasteiger partial charge in [-0.3, -0.25) is 4.99 Å². The summed E-state index contributed by atoms with van der Waals surface area (Å²) in [5, 5.41) is 0. The minimum Gasteiger partial charge on any atom is -0.397 e. The van der Waals surface area contributed by atoms with Gasteiger partial charge in [0.25, 0.3) is 0 Å². The molecule has 0 atom stereocenters. The number of hydrogen-bond donors (Lipinski definition) is 3. The number of benzene rings is 1. The Morgan fingerprint density at radius 3 is 2.28 bits per heavy atom. The first kappa shape index (κ1) is 12.7. The first-order valence-corrected chi connectivity index (χ1v) is 6.65. The average molecular weight is 246 g/mol. The van der Waals surface area contributed by atoms with Crippen LogP contribution in [0.15, 0.2) is 23.2 Å². The zero-order valence-electron chi connectivity index (χ0n) is 10.7. The van der Waals surface area contributed by atoms with Crippen molar-refractivity contribution in [3.05, 3.63) is 23.8 Å². The van der Waals surface area contributed by atoms with Gasteiger partial charge in [0, 0.05) is 5.56 Å². The summed E-state index contributed by atoms with van der Waals surface area (Å²) < 4.78 is 0. The second kappa shape index (κ2) is 5.76. The zero-order valence-corrected chi connectivity index (χ0v) is 10.7. The molecule has 0 aliphatic heterocycles. The second-order valence-electron chi connectivity index (χ2n) is 5.00. The Balaban J connectivity index is 2.13. The van der Waals surface area contributed by atoms with Crippen molar-refractivity contribution in [2.45, 2.75) is 44.6 Å².